The lowest BCUT2D eigenvalue weighted by molar-refractivity contribution is 0.522. The number of allylic oxidation sites excluding steroid dienone is 1. The van der Waals surface area contributed by atoms with Gasteiger partial charge in [0.1, 0.15) is 5.82 Å². The van der Waals surface area contributed by atoms with Crippen molar-refractivity contribution < 1.29 is 12.8 Å². The van der Waals surface area contributed by atoms with Crippen LogP contribution in [0.1, 0.15) is 24.8 Å². The van der Waals surface area contributed by atoms with Gasteiger partial charge in [-0.3, -0.25) is 0 Å². The maximum atomic E-state index is 13.3. The Labute approximate surface area is 112 Å². The molecule has 1 aromatic rings. The van der Waals surface area contributed by atoms with Crippen molar-refractivity contribution in [2.75, 3.05) is 5.73 Å². The maximum Gasteiger partial charge on any atom is 0.241 e. The van der Waals surface area contributed by atoms with Crippen molar-refractivity contribution in [2.24, 2.45) is 0 Å². The molecule has 1 aliphatic carbocycles. The van der Waals surface area contributed by atoms with Gasteiger partial charge in [0.15, 0.2) is 0 Å². The molecule has 4 nitrogen and oxygen atoms in total. The van der Waals surface area contributed by atoms with Gasteiger partial charge in [-0.15, -0.1) is 0 Å². The van der Waals surface area contributed by atoms with E-state index in [9.17, 15) is 12.8 Å². The zero-order valence-corrected chi connectivity index (χ0v) is 11.5. The molecule has 1 aromatic carbocycles. The molecule has 1 atom stereocenters. The molecule has 0 aliphatic heterocycles. The Bertz CT molecular complexity index is 611. The Kier molecular flexibility index (Phi) is 3.91. The number of nitrogens with one attached hydrogen (secondary N) is 1. The highest BCUT2D eigenvalue weighted by molar-refractivity contribution is 7.89. The number of rotatable bonds is 3. The van der Waals surface area contributed by atoms with Gasteiger partial charge in [0.05, 0.1) is 10.6 Å². The van der Waals surface area contributed by atoms with Crippen LogP contribution in [-0.4, -0.2) is 14.5 Å². The van der Waals surface area contributed by atoms with Gasteiger partial charge in [-0.2, -0.15) is 0 Å². The van der Waals surface area contributed by atoms with Crippen LogP contribution in [0.2, 0.25) is 0 Å². The van der Waals surface area contributed by atoms with E-state index in [1.807, 2.05) is 12.2 Å². The van der Waals surface area contributed by atoms with Crippen LogP contribution in [0.25, 0.3) is 0 Å². The Morgan fingerprint density at radius 1 is 1.37 bits per heavy atom. The van der Waals surface area contributed by atoms with Crippen LogP contribution >= 0.6 is 0 Å². The van der Waals surface area contributed by atoms with E-state index in [2.05, 4.69) is 4.72 Å². The average molecular weight is 284 g/mol. The molecule has 1 aliphatic rings. The molecule has 0 fully saturated rings. The molecule has 0 heterocycles. The molecule has 1 unspecified atom stereocenters. The van der Waals surface area contributed by atoms with Crippen molar-refractivity contribution in [3.8, 4) is 0 Å². The largest absolute Gasteiger partial charge is 0.396 e. The third-order valence-corrected chi connectivity index (χ3v) is 4.84. The van der Waals surface area contributed by atoms with Gasteiger partial charge >= 0.3 is 0 Å². The molecule has 0 aromatic heterocycles. The first-order chi connectivity index (χ1) is 8.90. The second kappa shape index (κ2) is 5.30. The quantitative estimate of drug-likeness (QED) is 0.659. The van der Waals surface area contributed by atoms with Crippen molar-refractivity contribution in [2.45, 2.75) is 37.1 Å². The smallest absolute Gasteiger partial charge is 0.241 e. The van der Waals surface area contributed by atoms with E-state index in [4.69, 9.17) is 5.73 Å². The summed E-state index contributed by atoms with van der Waals surface area (Å²) in [5.41, 5.74) is 5.64. The van der Waals surface area contributed by atoms with Gasteiger partial charge in [0.2, 0.25) is 10.0 Å². The Balaban J connectivity index is 2.29. The summed E-state index contributed by atoms with van der Waals surface area (Å²) < 4.78 is 40.4. The first-order valence-electron chi connectivity index (χ1n) is 6.13. The molecule has 19 heavy (non-hydrogen) atoms. The molecular weight excluding hydrogens is 267 g/mol. The maximum absolute atomic E-state index is 13.3. The molecular formula is C13H17FN2O2S. The zero-order valence-electron chi connectivity index (χ0n) is 10.7. The molecule has 3 N–H and O–H groups in total. The lowest BCUT2D eigenvalue weighted by Crippen LogP contribution is -2.35. The topological polar surface area (TPSA) is 72.2 Å². The predicted octanol–water partition coefficient (Wildman–Crippen LogP) is 2.10. The van der Waals surface area contributed by atoms with E-state index in [-0.39, 0.29) is 16.6 Å². The first-order valence-corrected chi connectivity index (χ1v) is 7.61. The summed E-state index contributed by atoms with van der Waals surface area (Å²) in [6.07, 6.45) is 6.30. The molecule has 2 rings (SSSR count). The highest BCUT2D eigenvalue weighted by Crippen LogP contribution is 2.23. The number of hydrogen-bond acceptors (Lipinski definition) is 3. The molecule has 0 saturated heterocycles. The minimum absolute atomic E-state index is 0.0425. The van der Waals surface area contributed by atoms with Crippen molar-refractivity contribution in [1.29, 1.82) is 0 Å². The van der Waals surface area contributed by atoms with Crippen LogP contribution in [0.4, 0.5) is 10.1 Å². The van der Waals surface area contributed by atoms with Crippen LogP contribution in [0.3, 0.4) is 0 Å². The van der Waals surface area contributed by atoms with Crippen LogP contribution in [0.15, 0.2) is 29.2 Å². The van der Waals surface area contributed by atoms with E-state index in [0.717, 1.165) is 18.9 Å². The van der Waals surface area contributed by atoms with Crippen LogP contribution in [0, 0.1) is 12.7 Å². The Morgan fingerprint density at radius 2 is 2.11 bits per heavy atom. The number of hydrogen-bond donors (Lipinski definition) is 2. The van der Waals surface area contributed by atoms with E-state index in [0.29, 0.717) is 12.0 Å². The summed E-state index contributed by atoms with van der Waals surface area (Å²) >= 11 is 0. The number of anilines is 1. The molecule has 0 amide bonds. The molecule has 0 spiro atoms. The zero-order chi connectivity index (χ0) is 14.0. The molecule has 6 heteroatoms. The van der Waals surface area contributed by atoms with Crippen molar-refractivity contribution >= 4 is 15.7 Å². The summed E-state index contributed by atoms with van der Waals surface area (Å²) in [5.74, 6) is -0.600. The monoisotopic (exact) mass is 284 g/mol. The van der Waals surface area contributed by atoms with Crippen molar-refractivity contribution in [1.82, 2.24) is 4.72 Å². The van der Waals surface area contributed by atoms with E-state index in [1.165, 1.54) is 6.07 Å². The van der Waals surface area contributed by atoms with Gasteiger partial charge in [-0.25, -0.2) is 17.5 Å². The number of nitrogens with two attached hydrogens (primary N) is 1. The minimum Gasteiger partial charge on any atom is -0.396 e. The van der Waals surface area contributed by atoms with Gasteiger partial charge in [0.25, 0.3) is 0 Å². The Morgan fingerprint density at radius 3 is 2.74 bits per heavy atom. The second-order valence-electron chi connectivity index (χ2n) is 4.74. The van der Waals surface area contributed by atoms with Gasteiger partial charge in [0, 0.05) is 6.04 Å². The predicted molar refractivity (Wildman–Crippen MR) is 72.6 cm³/mol. The number of sulfonamides is 1. The summed E-state index contributed by atoms with van der Waals surface area (Å²) in [5, 5.41) is 0. The normalized spacial score (nSPS) is 19.6. The fraction of sp³-hybridized carbons (Fsp3) is 0.385. The number of nitrogen functional groups attached to an aromatic ring is 1. The average Bonchev–Trinajstić information content (AvgIpc) is 2.34. The summed E-state index contributed by atoms with van der Waals surface area (Å²) in [4.78, 5) is 0.0425. The minimum atomic E-state index is -3.66. The molecule has 104 valence electrons. The van der Waals surface area contributed by atoms with Crippen LogP contribution in [-0.2, 0) is 10.0 Å². The first kappa shape index (κ1) is 14.0. The molecule has 0 radical (unpaired) electrons. The summed E-state index contributed by atoms with van der Waals surface area (Å²) in [6.45, 7) is 1.55. The lowest BCUT2D eigenvalue weighted by atomic mass is 10.0. The third-order valence-electron chi connectivity index (χ3n) is 3.17. The number of benzene rings is 1. The third kappa shape index (κ3) is 3.13. The van der Waals surface area contributed by atoms with E-state index < -0.39 is 15.8 Å². The van der Waals surface area contributed by atoms with E-state index in [1.54, 1.807) is 6.92 Å². The summed E-state index contributed by atoms with van der Waals surface area (Å²) in [7, 11) is -3.66. The van der Waals surface area contributed by atoms with E-state index >= 15 is 0 Å². The van der Waals surface area contributed by atoms with Gasteiger partial charge < -0.3 is 5.73 Å². The summed E-state index contributed by atoms with van der Waals surface area (Å²) in [6, 6.07) is 2.21. The van der Waals surface area contributed by atoms with Crippen LogP contribution in [0.5, 0.6) is 0 Å². The van der Waals surface area contributed by atoms with Gasteiger partial charge in [-0.1, -0.05) is 12.2 Å². The van der Waals surface area contributed by atoms with Gasteiger partial charge in [-0.05, 0) is 43.9 Å². The SMILES string of the molecule is Cc1cc(F)c(N)cc1S(=O)(=O)NC1CC=CCC1. The number of aryl methyl sites for hydroxylation is 1. The molecule has 0 bridgehead atoms. The fourth-order valence-corrected chi connectivity index (χ4v) is 3.69. The second-order valence-corrected chi connectivity index (χ2v) is 6.42. The highest BCUT2D eigenvalue weighted by atomic mass is 32.2. The standard InChI is InChI=1S/C13H17FN2O2S/c1-9-7-11(14)12(15)8-13(9)19(17,18)16-10-5-3-2-4-6-10/h2-3,7-8,10,16H,4-6,15H2,1H3. The van der Waals surface area contributed by atoms with Crippen LogP contribution < -0.4 is 10.5 Å². The highest BCUT2D eigenvalue weighted by Gasteiger charge is 2.23. The lowest BCUT2D eigenvalue weighted by Gasteiger charge is -2.20. The Hall–Kier alpha value is -1.40. The fourth-order valence-electron chi connectivity index (χ4n) is 2.14. The number of halogens is 1. The van der Waals surface area contributed by atoms with Crippen molar-refractivity contribution in [3.63, 3.8) is 0 Å². The van der Waals surface area contributed by atoms with Crippen molar-refractivity contribution in [3.05, 3.63) is 35.7 Å². The molecule has 0 saturated carbocycles.